The Hall–Kier alpha value is -3.66. The smallest absolute Gasteiger partial charge is 0.254 e. The molecule has 5 rings (SSSR count). The lowest BCUT2D eigenvalue weighted by molar-refractivity contribution is 0.0712. The number of benzene rings is 2. The summed E-state index contributed by atoms with van der Waals surface area (Å²) in [5.41, 5.74) is 5.75. The number of carbonyl (C=O) groups is 1. The molecule has 0 bridgehead atoms. The Balaban J connectivity index is 1.37. The van der Waals surface area contributed by atoms with Gasteiger partial charge >= 0.3 is 0 Å². The Morgan fingerprint density at radius 2 is 1.85 bits per heavy atom. The first-order chi connectivity index (χ1) is 16.6. The summed E-state index contributed by atoms with van der Waals surface area (Å²) < 4.78 is 0. The fourth-order valence-corrected chi connectivity index (χ4v) is 4.92. The van der Waals surface area contributed by atoms with Crippen LogP contribution < -0.4 is 4.90 Å². The number of hydrogen-bond donors (Lipinski definition) is 1. The van der Waals surface area contributed by atoms with Gasteiger partial charge in [0.2, 0.25) is 0 Å². The maximum Gasteiger partial charge on any atom is 0.254 e. The van der Waals surface area contributed by atoms with Crippen molar-refractivity contribution in [1.29, 1.82) is 5.26 Å². The molecule has 7 heteroatoms. The summed E-state index contributed by atoms with van der Waals surface area (Å²) in [6.45, 7) is 7.59. The first-order valence-corrected chi connectivity index (χ1v) is 12.2. The fraction of sp³-hybridized carbons (Fsp3) is 0.407. The molecule has 2 aliphatic heterocycles. The van der Waals surface area contributed by atoms with Crippen molar-refractivity contribution in [3.8, 4) is 17.5 Å². The minimum Gasteiger partial charge on any atom is -0.371 e. The number of aromatic nitrogens is 3. The van der Waals surface area contributed by atoms with E-state index in [9.17, 15) is 4.79 Å². The minimum absolute atomic E-state index is 0.0856. The summed E-state index contributed by atoms with van der Waals surface area (Å²) in [4.78, 5) is 21.2. The highest BCUT2D eigenvalue weighted by Crippen LogP contribution is 2.35. The molecule has 3 aromatic rings. The molecule has 2 fully saturated rings. The molecule has 0 aliphatic carbocycles. The van der Waals surface area contributed by atoms with Gasteiger partial charge in [-0.25, -0.2) is 0 Å². The number of amides is 1. The Morgan fingerprint density at radius 1 is 1.12 bits per heavy atom. The maximum absolute atomic E-state index is 13.6. The molecule has 0 radical (unpaired) electrons. The van der Waals surface area contributed by atoms with E-state index in [-0.39, 0.29) is 5.91 Å². The first-order valence-electron chi connectivity index (χ1n) is 12.2. The average Bonchev–Trinajstić information content (AvgIpc) is 3.32. The van der Waals surface area contributed by atoms with Gasteiger partial charge in [-0.3, -0.25) is 4.79 Å². The van der Waals surface area contributed by atoms with Crippen LogP contribution in [0.15, 0.2) is 36.4 Å². The molecule has 1 aromatic heterocycles. The van der Waals surface area contributed by atoms with Crippen molar-refractivity contribution >= 4 is 11.6 Å². The van der Waals surface area contributed by atoms with Crippen molar-refractivity contribution in [3.63, 3.8) is 0 Å². The lowest BCUT2D eigenvalue weighted by Gasteiger charge is -2.36. The molecule has 174 valence electrons. The van der Waals surface area contributed by atoms with Gasteiger partial charge in [0, 0.05) is 49.4 Å². The predicted molar refractivity (Wildman–Crippen MR) is 132 cm³/mol. The highest BCUT2D eigenvalue weighted by atomic mass is 16.2. The van der Waals surface area contributed by atoms with Gasteiger partial charge in [0.05, 0.1) is 11.6 Å². The van der Waals surface area contributed by atoms with Crippen LogP contribution >= 0.6 is 0 Å². The number of rotatable bonds is 5. The molecule has 0 atom stereocenters. The van der Waals surface area contributed by atoms with Crippen LogP contribution in [0, 0.1) is 18.3 Å². The summed E-state index contributed by atoms with van der Waals surface area (Å²) in [7, 11) is 0. The number of likely N-dealkylation sites (tertiary alicyclic amines) is 1. The van der Waals surface area contributed by atoms with Crippen molar-refractivity contribution in [1.82, 2.24) is 20.1 Å². The van der Waals surface area contributed by atoms with Gasteiger partial charge in [-0.2, -0.15) is 5.26 Å². The third-order valence-electron chi connectivity index (χ3n) is 7.19. The molecule has 3 heterocycles. The molecule has 0 spiro atoms. The summed E-state index contributed by atoms with van der Waals surface area (Å²) in [5, 5.41) is 17.7. The standard InChI is InChI=1S/C27H30N6O/c1-3-25-29-26(31-30-25)23-16-22(18(2)15-24(23)32-11-4-12-32)27(34)33-13-9-21(10-14-33)20-7-5-19(17-28)6-8-20/h5-8,15-16,21H,3-4,9-14H2,1-2H3,(H,29,30,31). The van der Waals surface area contributed by atoms with E-state index in [4.69, 9.17) is 5.26 Å². The van der Waals surface area contributed by atoms with Crippen LogP contribution in [0.2, 0.25) is 0 Å². The number of carbonyl (C=O) groups excluding carboxylic acids is 1. The van der Waals surface area contributed by atoms with Crippen LogP contribution in [0.4, 0.5) is 5.69 Å². The molecule has 1 amide bonds. The summed E-state index contributed by atoms with van der Waals surface area (Å²) in [6.07, 6.45) is 3.83. The van der Waals surface area contributed by atoms with Gasteiger partial charge < -0.3 is 14.8 Å². The van der Waals surface area contributed by atoms with Crippen LogP contribution in [0.25, 0.3) is 11.4 Å². The molecule has 2 aromatic carbocycles. The molecule has 0 saturated carbocycles. The zero-order valence-electron chi connectivity index (χ0n) is 19.8. The predicted octanol–water partition coefficient (Wildman–Crippen LogP) is 4.44. The third-order valence-corrected chi connectivity index (χ3v) is 7.19. The number of H-pyrrole nitrogens is 1. The Morgan fingerprint density at radius 3 is 2.44 bits per heavy atom. The van der Waals surface area contributed by atoms with Gasteiger partial charge in [-0.1, -0.05) is 19.1 Å². The number of hydrogen-bond acceptors (Lipinski definition) is 5. The lowest BCUT2D eigenvalue weighted by atomic mass is 9.88. The van der Waals surface area contributed by atoms with E-state index in [2.05, 4.69) is 32.2 Å². The molecule has 1 N–H and O–H groups in total. The summed E-state index contributed by atoms with van der Waals surface area (Å²) in [6, 6.07) is 14.2. The van der Waals surface area contributed by atoms with Crippen LogP contribution in [-0.4, -0.2) is 52.2 Å². The quantitative estimate of drug-likeness (QED) is 0.615. The molecule has 2 saturated heterocycles. The second-order valence-corrected chi connectivity index (χ2v) is 9.30. The molecule has 34 heavy (non-hydrogen) atoms. The fourth-order valence-electron chi connectivity index (χ4n) is 4.92. The van der Waals surface area contributed by atoms with E-state index >= 15 is 0 Å². The van der Waals surface area contributed by atoms with E-state index in [1.807, 2.05) is 49.1 Å². The Kier molecular flexibility index (Phi) is 6.06. The Labute approximate surface area is 200 Å². The zero-order chi connectivity index (χ0) is 23.7. The van der Waals surface area contributed by atoms with Crippen LogP contribution in [0.3, 0.4) is 0 Å². The topological polar surface area (TPSA) is 88.9 Å². The van der Waals surface area contributed by atoms with E-state index in [1.54, 1.807) is 0 Å². The number of nitriles is 1. The largest absolute Gasteiger partial charge is 0.371 e. The van der Waals surface area contributed by atoms with Crippen LogP contribution in [0.1, 0.15) is 65.0 Å². The number of nitrogens with one attached hydrogen (secondary N) is 1. The Bertz CT molecular complexity index is 1230. The summed E-state index contributed by atoms with van der Waals surface area (Å²) in [5.74, 6) is 2.08. The maximum atomic E-state index is 13.6. The van der Waals surface area contributed by atoms with Crippen molar-refractivity contribution in [2.24, 2.45) is 0 Å². The monoisotopic (exact) mass is 454 g/mol. The second-order valence-electron chi connectivity index (χ2n) is 9.30. The number of aryl methyl sites for hydroxylation is 2. The minimum atomic E-state index is 0.0856. The third kappa shape index (κ3) is 4.16. The summed E-state index contributed by atoms with van der Waals surface area (Å²) >= 11 is 0. The first kappa shape index (κ1) is 22.1. The van der Waals surface area contributed by atoms with Crippen molar-refractivity contribution in [3.05, 3.63) is 64.5 Å². The molecule has 2 aliphatic rings. The molecular weight excluding hydrogens is 424 g/mol. The SMILES string of the molecule is CCc1nnc(-c2cc(C(=O)N3CCC(c4ccc(C#N)cc4)CC3)c(C)cc2N2CCC2)[nH]1. The zero-order valence-corrected chi connectivity index (χ0v) is 19.8. The number of aromatic amines is 1. The van der Waals surface area contributed by atoms with E-state index in [0.29, 0.717) is 11.5 Å². The van der Waals surface area contributed by atoms with Crippen molar-refractivity contribution < 1.29 is 4.79 Å². The van der Waals surface area contributed by atoms with Crippen molar-refractivity contribution in [2.45, 2.75) is 45.4 Å². The molecule has 7 nitrogen and oxygen atoms in total. The normalized spacial score (nSPS) is 16.3. The number of anilines is 1. The number of nitrogens with zero attached hydrogens (tertiary/aromatic N) is 5. The van der Waals surface area contributed by atoms with Gasteiger partial charge in [0.1, 0.15) is 5.82 Å². The van der Waals surface area contributed by atoms with Crippen molar-refractivity contribution in [2.75, 3.05) is 31.1 Å². The highest BCUT2D eigenvalue weighted by molar-refractivity contribution is 5.98. The van der Waals surface area contributed by atoms with Gasteiger partial charge in [0.15, 0.2) is 5.82 Å². The van der Waals surface area contributed by atoms with E-state index in [1.165, 1.54) is 12.0 Å². The molecular formula is C27H30N6O. The van der Waals surface area contributed by atoms with E-state index in [0.717, 1.165) is 79.5 Å². The second kappa shape index (κ2) is 9.30. The van der Waals surface area contributed by atoms with Gasteiger partial charge in [-0.05, 0) is 67.5 Å². The van der Waals surface area contributed by atoms with Gasteiger partial charge in [-0.15, -0.1) is 10.2 Å². The number of piperidine rings is 1. The highest BCUT2D eigenvalue weighted by Gasteiger charge is 2.28. The molecule has 0 unspecified atom stereocenters. The van der Waals surface area contributed by atoms with Gasteiger partial charge in [0.25, 0.3) is 5.91 Å². The lowest BCUT2D eigenvalue weighted by Crippen LogP contribution is -2.39. The average molecular weight is 455 g/mol. The van der Waals surface area contributed by atoms with Crippen LogP contribution in [-0.2, 0) is 6.42 Å². The van der Waals surface area contributed by atoms with Crippen LogP contribution in [0.5, 0.6) is 0 Å². The van der Waals surface area contributed by atoms with E-state index < -0.39 is 0 Å².